The Kier molecular flexibility index (Phi) is 4.37. The van der Waals surface area contributed by atoms with Crippen LogP contribution in [0, 0.1) is 0 Å². The van der Waals surface area contributed by atoms with Gasteiger partial charge in [-0.2, -0.15) is 0 Å². The fourth-order valence-electron chi connectivity index (χ4n) is 2.61. The summed E-state index contributed by atoms with van der Waals surface area (Å²) < 4.78 is 23.9. The second-order valence-electron chi connectivity index (χ2n) is 8.14. The Morgan fingerprint density at radius 1 is 1.10 bits per heavy atom. The molecular weight excluding hydrogens is 288 g/mol. The molecule has 2 aliphatic heterocycles. The van der Waals surface area contributed by atoms with Gasteiger partial charge in [-0.05, 0) is 38.9 Å². The lowest BCUT2D eigenvalue weighted by Gasteiger charge is -2.45. The molecule has 2 heterocycles. The van der Waals surface area contributed by atoms with Crippen LogP contribution in [0.25, 0.3) is 0 Å². The Balaban J connectivity index is 2.22. The fraction of sp³-hybridized carbons (Fsp3) is 1.00. The molecule has 0 radical (unpaired) electrons. The first-order valence-corrected chi connectivity index (χ1v) is 10.6. The normalized spacial score (nSPS) is 40.1. The molecule has 0 amide bonds. The van der Waals surface area contributed by atoms with Crippen molar-refractivity contribution in [3.63, 3.8) is 0 Å². The Bertz CT molecular complexity index is 390. The average Bonchev–Trinajstić information content (AvgIpc) is 2.59. The van der Waals surface area contributed by atoms with Crippen molar-refractivity contribution in [3.05, 3.63) is 0 Å². The summed E-state index contributed by atoms with van der Waals surface area (Å²) in [6, 6.07) is 0. The largest absolute Gasteiger partial charge is 0.406 e. The van der Waals surface area contributed by atoms with Crippen molar-refractivity contribution in [2.75, 3.05) is 0 Å². The quantitative estimate of drug-likeness (QED) is 0.793. The van der Waals surface area contributed by atoms with E-state index >= 15 is 0 Å². The van der Waals surface area contributed by atoms with Gasteiger partial charge in [0.1, 0.15) is 18.3 Å². The maximum atomic E-state index is 10.3. The smallest absolute Gasteiger partial charge is 0.192 e. The van der Waals surface area contributed by atoms with Crippen LogP contribution in [0.5, 0.6) is 0 Å². The number of hydrogen-bond donors (Lipinski definition) is 1. The van der Waals surface area contributed by atoms with Crippen LogP contribution in [0.15, 0.2) is 0 Å². The number of aliphatic hydroxyl groups is 1. The van der Waals surface area contributed by atoms with Crippen LogP contribution in [0.2, 0.25) is 18.1 Å². The minimum absolute atomic E-state index is 0.0558. The SMILES string of the molecule is C[C@@H]1OC(O)[C@@H](O[Si](C)(C)C(C)(C)C)C2OC(C)(C)O[C@@H]21. The summed E-state index contributed by atoms with van der Waals surface area (Å²) in [4.78, 5) is 0. The molecule has 1 N–H and O–H groups in total. The van der Waals surface area contributed by atoms with Gasteiger partial charge in [-0.3, -0.25) is 0 Å². The summed E-state index contributed by atoms with van der Waals surface area (Å²) in [5.74, 6) is -0.675. The molecular formula is C15H30O5Si. The number of hydrogen-bond acceptors (Lipinski definition) is 5. The second-order valence-corrected chi connectivity index (χ2v) is 12.9. The summed E-state index contributed by atoms with van der Waals surface area (Å²) in [6.07, 6.45) is -2.21. The third-order valence-corrected chi connectivity index (χ3v) is 9.30. The molecule has 124 valence electrons. The van der Waals surface area contributed by atoms with Gasteiger partial charge in [0.2, 0.25) is 0 Å². The van der Waals surface area contributed by atoms with Gasteiger partial charge in [-0.1, -0.05) is 20.8 Å². The second kappa shape index (κ2) is 5.28. The van der Waals surface area contributed by atoms with Gasteiger partial charge in [0.25, 0.3) is 0 Å². The number of ether oxygens (including phenoxy) is 3. The van der Waals surface area contributed by atoms with E-state index < -0.39 is 26.5 Å². The van der Waals surface area contributed by atoms with Gasteiger partial charge < -0.3 is 23.7 Å². The standard InChI is InChI=1S/C15H30O5Si/c1-9-10-11(19-15(5,6)18-10)12(13(16)17-9)20-21(7,8)14(2,3)4/h9-13,16H,1-8H3/t9-,10+,11?,12-,13?/m0/s1. The van der Waals surface area contributed by atoms with E-state index in [1.807, 2.05) is 20.8 Å². The molecule has 0 bridgehead atoms. The highest BCUT2D eigenvalue weighted by atomic mass is 28.4. The first-order chi connectivity index (χ1) is 9.34. The fourth-order valence-corrected chi connectivity index (χ4v) is 3.90. The lowest BCUT2D eigenvalue weighted by molar-refractivity contribution is -0.250. The zero-order chi connectivity index (χ0) is 16.2. The van der Waals surface area contributed by atoms with Crippen LogP contribution in [0.1, 0.15) is 41.5 Å². The number of rotatable bonds is 2. The molecule has 2 rings (SSSR count). The molecule has 5 atom stereocenters. The molecule has 21 heavy (non-hydrogen) atoms. The molecule has 6 heteroatoms. The Morgan fingerprint density at radius 2 is 1.62 bits per heavy atom. The molecule has 0 aromatic heterocycles. The summed E-state index contributed by atoms with van der Waals surface area (Å²) in [6.45, 7) is 16.5. The van der Waals surface area contributed by atoms with E-state index in [1.54, 1.807) is 0 Å². The van der Waals surface area contributed by atoms with Gasteiger partial charge in [-0.15, -0.1) is 0 Å². The Morgan fingerprint density at radius 3 is 2.14 bits per heavy atom. The van der Waals surface area contributed by atoms with Gasteiger partial charge >= 0.3 is 0 Å². The zero-order valence-electron chi connectivity index (χ0n) is 14.5. The summed E-state index contributed by atoms with van der Waals surface area (Å²) in [5.41, 5.74) is 0. The average molecular weight is 318 g/mol. The molecule has 0 aliphatic carbocycles. The molecule has 2 saturated heterocycles. The van der Waals surface area contributed by atoms with E-state index in [0.717, 1.165) is 0 Å². The van der Waals surface area contributed by atoms with Crippen LogP contribution < -0.4 is 0 Å². The van der Waals surface area contributed by atoms with E-state index in [2.05, 4.69) is 33.9 Å². The van der Waals surface area contributed by atoms with E-state index in [-0.39, 0.29) is 23.4 Å². The lowest BCUT2D eigenvalue weighted by atomic mass is 10.0. The molecule has 5 nitrogen and oxygen atoms in total. The van der Waals surface area contributed by atoms with Gasteiger partial charge in [0, 0.05) is 0 Å². The first kappa shape index (κ1) is 17.4. The van der Waals surface area contributed by atoms with Crippen molar-refractivity contribution in [3.8, 4) is 0 Å². The highest BCUT2D eigenvalue weighted by molar-refractivity contribution is 6.74. The van der Waals surface area contributed by atoms with Crippen LogP contribution in [-0.2, 0) is 18.6 Å². The molecule has 0 aromatic carbocycles. The molecule has 0 spiro atoms. The minimum atomic E-state index is -2.04. The maximum absolute atomic E-state index is 10.3. The predicted molar refractivity (Wildman–Crippen MR) is 82.4 cm³/mol. The van der Waals surface area contributed by atoms with Crippen LogP contribution in [-0.4, -0.2) is 49.9 Å². The van der Waals surface area contributed by atoms with Crippen LogP contribution in [0.3, 0.4) is 0 Å². The van der Waals surface area contributed by atoms with Crippen molar-refractivity contribution >= 4 is 8.32 Å². The Labute approximate surface area is 129 Å². The van der Waals surface area contributed by atoms with Crippen molar-refractivity contribution in [2.24, 2.45) is 0 Å². The summed E-state index contributed by atoms with van der Waals surface area (Å²) in [5, 5.41) is 10.4. The van der Waals surface area contributed by atoms with Gasteiger partial charge in [0.05, 0.1) is 6.10 Å². The lowest BCUT2D eigenvalue weighted by Crippen LogP contribution is -2.60. The van der Waals surface area contributed by atoms with E-state index in [4.69, 9.17) is 18.6 Å². The zero-order valence-corrected chi connectivity index (χ0v) is 15.5. The van der Waals surface area contributed by atoms with Gasteiger partial charge in [0.15, 0.2) is 20.4 Å². The molecule has 2 fully saturated rings. The number of aliphatic hydroxyl groups excluding tert-OH is 1. The van der Waals surface area contributed by atoms with Crippen molar-refractivity contribution in [1.82, 2.24) is 0 Å². The van der Waals surface area contributed by atoms with Crippen LogP contribution in [0.4, 0.5) is 0 Å². The first-order valence-electron chi connectivity index (χ1n) is 7.71. The molecule has 0 aromatic rings. The third-order valence-electron chi connectivity index (χ3n) is 4.82. The highest BCUT2D eigenvalue weighted by Gasteiger charge is 2.56. The predicted octanol–water partition coefficient (Wildman–Crippen LogP) is 2.63. The maximum Gasteiger partial charge on any atom is 0.192 e. The monoisotopic (exact) mass is 318 g/mol. The molecule has 0 saturated carbocycles. The molecule has 2 aliphatic rings. The summed E-state index contributed by atoms with van der Waals surface area (Å²) >= 11 is 0. The van der Waals surface area contributed by atoms with E-state index in [1.165, 1.54) is 0 Å². The Hall–Kier alpha value is 0.0169. The number of fused-ring (bicyclic) bond motifs is 1. The van der Waals surface area contributed by atoms with Crippen molar-refractivity contribution < 1.29 is 23.7 Å². The van der Waals surface area contributed by atoms with Crippen LogP contribution >= 0.6 is 0 Å². The third kappa shape index (κ3) is 3.35. The minimum Gasteiger partial charge on any atom is -0.406 e. The van der Waals surface area contributed by atoms with E-state index in [0.29, 0.717) is 0 Å². The topological polar surface area (TPSA) is 57.2 Å². The van der Waals surface area contributed by atoms with E-state index in [9.17, 15) is 5.11 Å². The van der Waals surface area contributed by atoms with Crippen molar-refractivity contribution in [2.45, 2.75) is 96.2 Å². The summed E-state index contributed by atoms with van der Waals surface area (Å²) in [7, 11) is -2.04. The highest BCUT2D eigenvalue weighted by Crippen LogP contribution is 2.43. The van der Waals surface area contributed by atoms with Crippen molar-refractivity contribution in [1.29, 1.82) is 0 Å². The van der Waals surface area contributed by atoms with Gasteiger partial charge in [-0.25, -0.2) is 0 Å². The molecule has 2 unspecified atom stereocenters.